The van der Waals surface area contributed by atoms with Crippen molar-refractivity contribution in [2.75, 3.05) is 0 Å². The fraction of sp³-hybridized carbons (Fsp3) is 0.118. The third-order valence-electron chi connectivity index (χ3n) is 8.04. The minimum atomic E-state index is 1.23. The van der Waals surface area contributed by atoms with Gasteiger partial charge in [0.2, 0.25) is 0 Å². The zero-order valence-electron chi connectivity index (χ0n) is 21.1. The molecule has 0 spiro atoms. The summed E-state index contributed by atoms with van der Waals surface area (Å²) in [6, 6.07) is 31.1. The quantitative estimate of drug-likeness (QED) is 0.255. The molecule has 0 atom stereocenters. The third-order valence-corrected chi connectivity index (χ3v) is 8.04. The predicted molar refractivity (Wildman–Crippen MR) is 155 cm³/mol. The molecule has 174 valence electrons. The molecule has 2 heterocycles. The molecule has 0 aliphatic rings. The van der Waals surface area contributed by atoms with Crippen molar-refractivity contribution in [3.05, 3.63) is 107 Å². The molecular weight excluding hydrogens is 436 g/mol. The second-order valence-corrected chi connectivity index (χ2v) is 10.1. The minimum absolute atomic E-state index is 1.23. The lowest BCUT2D eigenvalue weighted by Gasteiger charge is -2.12. The van der Waals surface area contributed by atoms with Crippen LogP contribution in [0.2, 0.25) is 0 Å². The fourth-order valence-corrected chi connectivity index (χ4v) is 6.04. The van der Waals surface area contributed by atoms with Crippen molar-refractivity contribution in [1.82, 2.24) is 9.97 Å². The van der Waals surface area contributed by atoms with Crippen LogP contribution in [-0.2, 0) is 0 Å². The van der Waals surface area contributed by atoms with Gasteiger partial charge < -0.3 is 9.97 Å². The lowest BCUT2D eigenvalue weighted by atomic mass is 9.93. The molecule has 5 aromatic carbocycles. The van der Waals surface area contributed by atoms with E-state index >= 15 is 0 Å². The summed E-state index contributed by atoms with van der Waals surface area (Å²) in [5, 5.41) is 5.18. The lowest BCUT2D eigenvalue weighted by Crippen LogP contribution is -1.89. The van der Waals surface area contributed by atoms with Gasteiger partial charge in [0.1, 0.15) is 0 Å². The number of nitrogens with one attached hydrogen (secondary N) is 2. The molecule has 2 N–H and O–H groups in total. The zero-order chi connectivity index (χ0) is 24.6. The van der Waals surface area contributed by atoms with Crippen LogP contribution >= 0.6 is 0 Å². The molecule has 0 aliphatic heterocycles. The van der Waals surface area contributed by atoms with Crippen LogP contribution < -0.4 is 0 Å². The van der Waals surface area contributed by atoms with Gasteiger partial charge in [0, 0.05) is 32.6 Å². The first-order valence-electron chi connectivity index (χ1n) is 12.6. The molecule has 2 aromatic heterocycles. The van der Waals surface area contributed by atoms with E-state index in [1.54, 1.807) is 0 Å². The minimum Gasteiger partial charge on any atom is -0.354 e. The Morgan fingerprint density at radius 3 is 1.31 bits per heavy atom. The SMILES string of the molecule is Cc1cccc2c1[nH]c1c(C)c(-c3cccc(-c4ccc5c([nH]c6c(C)cccc65)c4C)c3)ccc12. The Balaban J connectivity index is 1.39. The van der Waals surface area contributed by atoms with Gasteiger partial charge in [-0.1, -0.05) is 78.9 Å². The molecule has 0 unspecified atom stereocenters. The highest BCUT2D eigenvalue weighted by Gasteiger charge is 2.15. The van der Waals surface area contributed by atoms with E-state index in [4.69, 9.17) is 0 Å². The van der Waals surface area contributed by atoms with Gasteiger partial charge in [-0.15, -0.1) is 0 Å². The molecule has 2 heteroatoms. The van der Waals surface area contributed by atoms with Crippen LogP contribution in [0.1, 0.15) is 22.3 Å². The summed E-state index contributed by atoms with van der Waals surface area (Å²) < 4.78 is 0. The van der Waals surface area contributed by atoms with Gasteiger partial charge in [0.25, 0.3) is 0 Å². The summed E-state index contributed by atoms with van der Waals surface area (Å²) in [6.07, 6.45) is 0. The average Bonchev–Trinajstić information content (AvgIpc) is 3.46. The van der Waals surface area contributed by atoms with Crippen LogP contribution in [0.5, 0.6) is 0 Å². The van der Waals surface area contributed by atoms with Crippen molar-refractivity contribution in [2.45, 2.75) is 27.7 Å². The molecule has 2 nitrogen and oxygen atoms in total. The van der Waals surface area contributed by atoms with Crippen LogP contribution in [0, 0.1) is 27.7 Å². The highest BCUT2D eigenvalue weighted by atomic mass is 14.7. The fourth-order valence-electron chi connectivity index (χ4n) is 6.04. The first-order chi connectivity index (χ1) is 17.5. The highest BCUT2D eigenvalue weighted by molar-refractivity contribution is 6.11. The number of hydrogen-bond acceptors (Lipinski definition) is 0. The molecule has 0 bridgehead atoms. The van der Waals surface area contributed by atoms with Crippen molar-refractivity contribution in [2.24, 2.45) is 0 Å². The average molecular weight is 465 g/mol. The molecule has 7 rings (SSSR count). The molecular formula is C34H28N2. The van der Waals surface area contributed by atoms with Crippen LogP contribution in [-0.4, -0.2) is 9.97 Å². The number of aromatic nitrogens is 2. The Labute approximate surface area is 210 Å². The zero-order valence-corrected chi connectivity index (χ0v) is 21.1. The standard InChI is InChI=1S/C34H28N2/c1-19-8-5-12-27-29-16-14-25(21(3)33(29)35-31(19)27)23-10-7-11-24(18-23)26-15-17-30-28-13-6-9-20(2)32(28)36-34(30)22(26)4/h5-18,35-36H,1-4H3. The Morgan fingerprint density at radius 2 is 0.833 bits per heavy atom. The Bertz CT molecular complexity index is 1840. The van der Waals surface area contributed by atoms with E-state index in [-0.39, 0.29) is 0 Å². The maximum atomic E-state index is 3.71. The topological polar surface area (TPSA) is 31.6 Å². The molecule has 0 amide bonds. The van der Waals surface area contributed by atoms with E-state index in [0.717, 1.165) is 0 Å². The Kier molecular flexibility index (Phi) is 4.44. The predicted octanol–water partition coefficient (Wildman–Crippen LogP) is 9.52. The van der Waals surface area contributed by atoms with Crippen molar-refractivity contribution in [3.63, 3.8) is 0 Å². The van der Waals surface area contributed by atoms with E-state index in [9.17, 15) is 0 Å². The van der Waals surface area contributed by atoms with E-state index in [0.29, 0.717) is 0 Å². The largest absolute Gasteiger partial charge is 0.354 e. The number of para-hydroxylation sites is 2. The molecule has 7 aromatic rings. The molecule has 0 aliphatic carbocycles. The number of aromatic amines is 2. The van der Waals surface area contributed by atoms with Gasteiger partial charge in [0.05, 0.1) is 11.0 Å². The van der Waals surface area contributed by atoms with E-state index < -0.39 is 0 Å². The Morgan fingerprint density at radius 1 is 0.417 bits per heavy atom. The maximum absolute atomic E-state index is 3.71. The van der Waals surface area contributed by atoms with E-state index in [1.165, 1.54) is 88.1 Å². The summed E-state index contributed by atoms with van der Waals surface area (Å²) in [5.41, 5.74) is 15.1. The first-order valence-corrected chi connectivity index (χ1v) is 12.6. The third kappa shape index (κ3) is 2.91. The number of H-pyrrole nitrogens is 2. The van der Waals surface area contributed by atoms with Gasteiger partial charge in [-0.2, -0.15) is 0 Å². The molecule has 0 radical (unpaired) electrons. The van der Waals surface area contributed by atoms with E-state index in [1.807, 2.05) is 0 Å². The smallest absolute Gasteiger partial charge is 0.0500 e. The normalized spacial score (nSPS) is 11.9. The summed E-state index contributed by atoms with van der Waals surface area (Å²) in [4.78, 5) is 7.43. The second kappa shape index (κ2) is 7.60. The molecule has 0 saturated heterocycles. The molecule has 0 fully saturated rings. The Hall–Kier alpha value is -4.30. The van der Waals surface area contributed by atoms with Gasteiger partial charge in [0.15, 0.2) is 0 Å². The van der Waals surface area contributed by atoms with Crippen LogP contribution in [0.3, 0.4) is 0 Å². The number of benzene rings is 5. The summed E-state index contributed by atoms with van der Waals surface area (Å²) in [6.45, 7) is 8.81. The van der Waals surface area contributed by atoms with Crippen molar-refractivity contribution in [1.29, 1.82) is 0 Å². The van der Waals surface area contributed by atoms with Crippen LogP contribution in [0.15, 0.2) is 84.9 Å². The van der Waals surface area contributed by atoms with Gasteiger partial charge in [-0.05, 0) is 78.3 Å². The van der Waals surface area contributed by atoms with E-state index in [2.05, 4.69) is 123 Å². The maximum Gasteiger partial charge on any atom is 0.0500 e. The van der Waals surface area contributed by atoms with Crippen molar-refractivity contribution >= 4 is 43.6 Å². The highest BCUT2D eigenvalue weighted by Crippen LogP contribution is 2.38. The molecule has 36 heavy (non-hydrogen) atoms. The number of hydrogen-bond donors (Lipinski definition) is 2. The van der Waals surface area contributed by atoms with Crippen LogP contribution in [0.4, 0.5) is 0 Å². The van der Waals surface area contributed by atoms with Crippen molar-refractivity contribution in [3.8, 4) is 22.3 Å². The number of fused-ring (bicyclic) bond motifs is 6. The summed E-state index contributed by atoms with van der Waals surface area (Å²) in [5.74, 6) is 0. The molecule has 0 saturated carbocycles. The first kappa shape index (κ1) is 21.0. The monoisotopic (exact) mass is 464 g/mol. The van der Waals surface area contributed by atoms with Gasteiger partial charge in [-0.3, -0.25) is 0 Å². The number of aryl methyl sites for hydroxylation is 4. The van der Waals surface area contributed by atoms with Crippen molar-refractivity contribution < 1.29 is 0 Å². The number of rotatable bonds is 2. The summed E-state index contributed by atoms with van der Waals surface area (Å²) >= 11 is 0. The lowest BCUT2D eigenvalue weighted by molar-refractivity contribution is 1.41. The van der Waals surface area contributed by atoms with Gasteiger partial charge in [-0.25, -0.2) is 0 Å². The van der Waals surface area contributed by atoms with Crippen LogP contribution in [0.25, 0.3) is 65.9 Å². The summed E-state index contributed by atoms with van der Waals surface area (Å²) in [7, 11) is 0. The second-order valence-electron chi connectivity index (χ2n) is 10.1. The van der Waals surface area contributed by atoms with Gasteiger partial charge >= 0.3 is 0 Å².